The monoisotopic (exact) mass is 974 g/mol. The van der Waals surface area contributed by atoms with Crippen LogP contribution in [0.1, 0.15) is 142 Å². The van der Waals surface area contributed by atoms with Crippen molar-refractivity contribution in [2.24, 2.45) is 29.6 Å². The molecule has 0 aliphatic heterocycles. The fourth-order valence-corrected chi connectivity index (χ4v) is 7.99. The summed E-state index contributed by atoms with van der Waals surface area (Å²) in [5.41, 5.74) is -1.53. The fraction of sp³-hybridized carbons (Fsp3) is 0.745. The molecule has 10 atom stereocenters. The summed E-state index contributed by atoms with van der Waals surface area (Å²) in [6.45, 7) is 33.0. The Morgan fingerprint density at radius 1 is 0.739 bits per heavy atom. The molecule has 0 fully saturated rings. The Kier molecular flexibility index (Phi) is 28.0. The van der Waals surface area contributed by atoms with E-state index >= 15 is 0 Å². The van der Waals surface area contributed by atoms with Crippen LogP contribution in [0.3, 0.4) is 0 Å². The quantitative estimate of drug-likeness (QED) is 0.0188. The Morgan fingerprint density at radius 3 is 1.75 bits per heavy atom. The van der Waals surface area contributed by atoms with Gasteiger partial charge in [-0.2, -0.15) is 4.58 Å². The Balaban J connectivity index is 6.58. The first-order valence-corrected chi connectivity index (χ1v) is 24.6. The third kappa shape index (κ3) is 19.8. The molecule has 0 bridgehead atoms. The van der Waals surface area contributed by atoms with Crippen LogP contribution >= 0.6 is 0 Å². The molecule has 0 aromatic heterocycles. The van der Waals surface area contributed by atoms with Crippen molar-refractivity contribution < 1.29 is 42.9 Å². The van der Waals surface area contributed by atoms with E-state index < -0.39 is 83.5 Å². The number of nitrogens with one attached hydrogen (secondary N) is 4. The lowest BCUT2D eigenvalue weighted by molar-refractivity contribution is -0.508. The van der Waals surface area contributed by atoms with Crippen LogP contribution in [0.4, 0.5) is 0 Å². The van der Waals surface area contributed by atoms with E-state index in [1.165, 1.54) is 63.7 Å². The van der Waals surface area contributed by atoms with E-state index in [0.29, 0.717) is 30.6 Å². The van der Waals surface area contributed by atoms with Gasteiger partial charge in [-0.25, -0.2) is 4.79 Å². The van der Waals surface area contributed by atoms with Crippen LogP contribution < -0.4 is 21.3 Å². The molecule has 69 heavy (non-hydrogen) atoms. The number of hydroxylamine groups is 2. The average molecular weight is 974 g/mol. The largest absolute Gasteiger partial charge is 0.781 e. The van der Waals surface area contributed by atoms with Gasteiger partial charge in [-0.3, -0.25) is 38.9 Å². The molecule has 0 saturated heterocycles. The van der Waals surface area contributed by atoms with Gasteiger partial charge in [0.1, 0.15) is 36.9 Å². The molecule has 0 aromatic rings. The van der Waals surface area contributed by atoms with Crippen LogP contribution in [-0.2, 0) is 38.4 Å². The zero-order chi connectivity index (χ0) is 53.8. The molecule has 0 rings (SSSR count). The molecule has 4 N–H and O–H groups in total. The molecule has 0 aliphatic rings. The highest BCUT2D eigenvalue weighted by atomic mass is 16.5. The molecule has 0 heterocycles. The average Bonchev–Trinajstić information content (AvgIpc) is 3.27. The number of nitrogens with zero attached hydrogens (tertiary/aromatic N) is 5. The minimum absolute atomic E-state index is 0.0460. The van der Waals surface area contributed by atoms with Crippen LogP contribution in [0, 0.1) is 34.8 Å². The van der Waals surface area contributed by atoms with Crippen molar-refractivity contribution >= 4 is 54.4 Å². The normalized spacial score (nSPS) is 16.6. The Labute approximate surface area is 414 Å². The number of hydrogen-bond acceptors (Lipinski definition) is 11. The highest BCUT2D eigenvalue weighted by Crippen LogP contribution is 2.25. The predicted octanol–water partition coefficient (Wildman–Crippen LogP) is 4.60. The van der Waals surface area contributed by atoms with Crippen molar-refractivity contribution in [2.45, 2.75) is 190 Å². The van der Waals surface area contributed by atoms with Gasteiger partial charge in [0.05, 0.1) is 0 Å². The minimum atomic E-state index is -1.81. The number of rotatable bonds is 31. The second-order valence-corrected chi connectivity index (χ2v) is 20.5. The standard InChI is InChI=1S/C51H91N9O9/c1-21-23-25-35(11)36(12)28-42(62)54-40(24-22-2)49(67)56(16)39(15)48(66)59(19)51(30-61,29-33(7)8)55-44(34(9)10)50(68)57(17)41(26-31(3)4)46(64)52-37(13)45(63)53-38(14)47(65)58(18)43(60(20)69)27-32(5)6/h21,23,30-33,35-41,43-44,55H,9,18,22,24-29H2,1-8,10-17,19-20H3,(H,52,64)(H,53,63)(H,54,62)/b23-21+/t35-,36?,37?,38?,39?,40+,41+,43-,44+,51?/m1/s1. The summed E-state index contributed by atoms with van der Waals surface area (Å²) in [4.78, 5) is 114. The predicted molar refractivity (Wildman–Crippen MR) is 272 cm³/mol. The van der Waals surface area contributed by atoms with Gasteiger partial charge in [0.2, 0.25) is 41.6 Å². The van der Waals surface area contributed by atoms with Gasteiger partial charge in [-0.05, 0) is 96.9 Å². The van der Waals surface area contributed by atoms with E-state index in [0.717, 1.165) is 11.0 Å². The maximum absolute atomic E-state index is 14.6. The highest BCUT2D eigenvalue weighted by Gasteiger charge is 2.45. The Bertz CT molecular complexity index is 1800. The van der Waals surface area contributed by atoms with Crippen LogP contribution in [0.2, 0.25) is 0 Å². The molecule has 394 valence electrons. The van der Waals surface area contributed by atoms with Gasteiger partial charge in [0.15, 0.2) is 18.0 Å². The topological polar surface area (TPSA) is 224 Å². The number of carbonyl (C=O) groups is 8. The summed E-state index contributed by atoms with van der Waals surface area (Å²) in [5, 5.41) is 24.2. The lowest BCUT2D eigenvalue weighted by Crippen LogP contribution is -2.68. The molecule has 7 amide bonds. The fourth-order valence-electron chi connectivity index (χ4n) is 7.99. The molecule has 0 spiro atoms. The van der Waals surface area contributed by atoms with Crippen molar-refractivity contribution in [3.05, 3.63) is 29.5 Å². The molecule has 0 saturated carbocycles. The summed E-state index contributed by atoms with van der Waals surface area (Å²) in [6.07, 6.45) is 6.30. The van der Waals surface area contributed by atoms with E-state index in [4.69, 9.17) is 0 Å². The van der Waals surface area contributed by atoms with E-state index in [-0.39, 0.29) is 60.3 Å². The van der Waals surface area contributed by atoms with E-state index in [2.05, 4.69) is 47.6 Å². The number of allylic oxidation sites excluding steroid dienone is 2. The molecular weight excluding hydrogens is 883 g/mol. The number of likely N-dealkylation sites (N-methyl/N-ethyl adjacent to an activating group) is 3. The van der Waals surface area contributed by atoms with Crippen molar-refractivity contribution in [2.75, 3.05) is 28.2 Å². The maximum Gasteiger partial charge on any atom is 0.409 e. The molecule has 18 nitrogen and oxygen atoms in total. The Morgan fingerprint density at radius 2 is 1.29 bits per heavy atom. The van der Waals surface area contributed by atoms with Crippen LogP contribution in [0.15, 0.2) is 24.3 Å². The Hall–Kier alpha value is -4.81. The molecule has 0 aromatic carbocycles. The second kappa shape index (κ2) is 30.0. The van der Waals surface area contributed by atoms with Crippen LogP contribution in [0.5, 0.6) is 0 Å². The zero-order valence-corrected chi connectivity index (χ0v) is 45.4. The first kappa shape index (κ1) is 64.2. The first-order chi connectivity index (χ1) is 31.8. The van der Waals surface area contributed by atoms with Crippen molar-refractivity contribution in [3.8, 4) is 0 Å². The van der Waals surface area contributed by atoms with Crippen molar-refractivity contribution in [1.82, 2.24) is 41.0 Å². The summed E-state index contributed by atoms with van der Waals surface area (Å²) in [5.74, 6) is -3.85. The van der Waals surface area contributed by atoms with Crippen molar-refractivity contribution in [1.29, 1.82) is 0 Å². The van der Waals surface area contributed by atoms with Crippen molar-refractivity contribution in [3.63, 3.8) is 0 Å². The van der Waals surface area contributed by atoms with Gasteiger partial charge in [-0.1, -0.05) is 93.0 Å². The number of amides is 7. The highest BCUT2D eigenvalue weighted by molar-refractivity contribution is 5.96. The third-order valence-corrected chi connectivity index (χ3v) is 12.7. The molecule has 18 heteroatoms. The number of hydrogen-bond donors (Lipinski definition) is 4. The van der Waals surface area contributed by atoms with Gasteiger partial charge in [-0.15, -0.1) is 0 Å². The van der Waals surface area contributed by atoms with Gasteiger partial charge < -0.3 is 40.9 Å². The van der Waals surface area contributed by atoms with Crippen LogP contribution in [-0.4, -0.2) is 155 Å². The molecule has 5 unspecified atom stereocenters. The second-order valence-electron chi connectivity index (χ2n) is 20.5. The smallest absolute Gasteiger partial charge is 0.409 e. The van der Waals surface area contributed by atoms with E-state index in [1.54, 1.807) is 6.92 Å². The molecular formula is C51H91N9O9. The summed E-state index contributed by atoms with van der Waals surface area (Å²) in [6, 6.07) is -6.66. The van der Waals surface area contributed by atoms with Gasteiger partial charge in [0, 0.05) is 34.0 Å². The lowest BCUT2D eigenvalue weighted by atomic mass is 9.89. The van der Waals surface area contributed by atoms with E-state index in [9.17, 15) is 43.6 Å². The summed E-state index contributed by atoms with van der Waals surface area (Å²) < 4.78 is 1.05. The molecule has 0 radical (unpaired) electrons. The zero-order valence-electron chi connectivity index (χ0n) is 45.4. The summed E-state index contributed by atoms with van der Waals surface area (Å²) >= 11 is 0. The van der Waals surface area contributed by atoms with Gasteiger partial charge in [0.25, 0.3) is 0 Å². The lowest BCUT2D eigenvalue weighted by Gasteiger charge is -2.44. The van der Waals surface area contributed by atoms with Gasteiger partial charge >= 0.3 is 5.91 Å². The maximum atomic E-state index is 14.6. The SMILES string of the molecule is C=C(C)[C@H](NC(C=O)(CC(C)C)N(C)C(=O)C(C)N(C)C(=O)[C@H](CCC)NC(=O)CC(C)[C@H](C)C/C=C/C)C(=O)N(C)[C@@H](CC(C)C)C(=O)NC(C)C(=O)NC(C)C(=O)[N+](=C)[C@@H](CC(C)C)N(C)[O-]. The molecule has 0 aliphatic carbocycles. The minimum Gasteiger partial charge on any atom is -0.781 e. The van der Waals surface area contributed by atoms with Crippen LogP contribution in [0.25, 0.3) is 0 Å². The third-order valence-electron chi connectivity index (χ3n) is 12.7. The summed E-state index contributed by atoms with van der Waals surface area (Å²) in [7, 11) is 5.62. The number of carbonyl (C=O) groups excluding carboxylic acids is 8. The number of aldehydes is 1. The first-order valence-electron chi connectivity index (χ1n) is 24.6. The van der Waals surface area contributed by atoms with E-state index in [1.807, 2.05) is 68.4 Å².